The summed E-state index contributed by atoms with van der Waals surface area (Å²) in [6, 6.07) is 8.00. The number of carbonyl (C=O) groups is 3. The number of ether oxygens (including phenoxy) is 1. The minimum Gasteiger partial charge on any atom is -0.462 e. The summed E-state index contributed by atoms with van der Waals surface area (Å²) >= 11 is 0. The number of para-hydroxylation sites is 1. The molecule has 4 aliphatic carbocycles. The van der Waals surface area contributed by atoms with Gasteiger partial charge in [-0.15, -0.1) is 0 Å². The van der Waals surface area contributed by atoms with Crippen molar-refractivity contribution >= 4 is 35.1 Å². The van der Waals surface area contributed by atoms with Crippen LogP contribution in [0.15, 0.2) is 47.7 Å². The highest BCUT2D eigenvalue weighted by Crippen LogP contribution is 2.67. The number of aldehydes is 2. The van der Waals surface area contributed by atoms with E-state index in [9.17, 15) is 14.4 Å². The van der Waals surface area contributed by atoms with Crippen molar-refractivity contribution in [1.29, 1.82) is 0 Å². The van der Waals surface area contributed by atoms with Crippen LogP contribution >= 0.6 is 0 Å². The van der Waals surface area contributed by atoms with E-state index in [0.29, 0.717) is 23.3 Å². The minimum absolute atomic E-state index is 0.00249. The van der Waals surface area contributed by atoms with Crippen molar-refractivity contribution in [1.82, 2.24) is 4.57 Å². The molecule has 0 N–H and O–H groups in total. The maximum absolute atomic E-state index is 12.5. The molecule has 1 aromatic heterocycles. The van der Waals surface area contributed by atoms with Crippen LogP contribution in [0.25, 0.3) is 16.6 Å². The van der Waals surface area contributed by atoms with Gasteiger partial charge in [0.2, 0.25) is 0 Å². The fourth-order valence-corrected chi connectivity index (χ4v) is 8.67. The first-order chi connectivity index (χ1) is 17.3. The van der Waals surface area contributed by atoms with Crippen molar-refractivity contribution in [3.05, 3.63) is 53.2 Å². The molecule has 0 radical (unpaired) electrons. The molecule has 6 rings (SSSR count). The van der Waals surface area contributed by atoms with E-state index in [2.05, 4.69) is 30.6 Å². The molecule has 0 amide bonds. The third kappa shape index (κ3) is 3.24. The first-order valence-corrected chi connectivity index (χ1v) is 13.4. The number of nitrogens with zero attached hydrogens (tertiary/aromatic N) is 1. The summed E-state index contributed by atoms with van der Waals surface area (Å²) in [6.07, 6.45) is 13.2. The van der Waals surface area contributed by atoms with E-state index < -0.39 is 0 Å². The molecule has 2 saturated carbocycles. The molecule has 36 heavy (non-hydrogen) atoms. The van der Waals surface area contributed by atoms with E-state index in [1.54, 1.807) is 0 Å². The highest BCUT2D eigenvalue weighted by molar-refractivity contribution is 6.00. The zero-order valence-electron chi connectivity index (χ0n) is 21.5. The summed E-state index contributed by atoms with van der Waals surface area (Å²) in [5.74, 6) is 1.30. The smallest absolute Gasteiger partial charge is 0.302 e. The number of benzene rings is 1. The lowest BCUT2D eigenvalue weighted by Crippen LogP contribution is -2.50. The number of hydrogen-bond donors (Lipinski definition) is 0. The minimum atomic E-state index is -0.187. The van der Waals surface area contributed by atoms with Gasteiger partial charge < -0.3 is 9.30 Å². The monoisotopic (exact) mass is 485 g/mol. The maximum atomic E-state index is 12.5. The molecular formula is C31H35NO4. The van der Waals surface area contributed by atoms with Crippen molar-refractivity contribution in [2.45, 2.75) is 71.8 Å². The molecule has 2 aromatic rings. The van der Waals surface area contributed by atoms with Crippen LogP contribution in [0, 0.1) is 28.6 Å². The Hall–Kier alpha value is -2.95. The van der Waals surface area contributed by atoms with Gasteiger partial charge in [-0.05, 0) is 67.8 Å². The topological polar surface area (TPSA) is 65.4 Å². The fraction of sp³-hybridized carbons (Fsp3) is 0.516. The van der Waals surface area contributed by atoms with Gasteiger partial charge in [0.1, 0.15) is 12.4 Å². The third-order valence-corrected chi connectivity index (χ3v) is 10.3. The quantitative estimate of drug-likeness (QED) is 0.287. The van der Waals surface area contributed by atoms with Crippen molar-refractivity contribution in [2.24, 2.45) is 28.6 Å². The third-order valence-electron chi connectivity index (χ3n) is 10.3. The largest absolute Gasteiger partial charge is 0.462 e. The van der Waals surface area contributed by atoms with Gasteiger partial charge in [-0.2, -0.15) is 0 Å². The van der Waals surface area contributed by atoms with Gasteiger partial charge in [0.15, 0.2) is 6.29 Å². The second kappa shape index (κ2) is 8.29. The van der Waals surface area contributed by atoms with Crippen LogP contribution in [-0.4, -0.2) is 29.2 Å². The highest BCUT2D eigenvalue weighted by Gasteiger charge is 2.58. The summed E-state index contributed by atoms with van der Waals surface area (Å²) < 4.78 is 7.74. The first kappa shape index (κ1) is 23.4. The van der Waals surface area contributed by atoms with Crippen molar-refractivity contribution in [3.63, 3.8) is 0 Å². The second-order valence-corrected chi connectivity index (χ2v) is 12.0. The Morgan fingerprint density at radius 3 is 2.56 bits per heavy atom. The standard InChI is InChI=1S/C31H35NO4/c1-19(35)36-23-10-12-30(2)22(15-23)8-9-25-26(30)11-13-31(3)27(25)14-20(17-33)29(31)32-16-21(18-34)24-6-4-5-7-28(24)32/h4-8,16-18,23,25-27H,9-15H2,1-3H3/t23-,25+,26-,27-,30-,31-/m0/s1. The van der Waals surface area contributed by atoms with Crippen molar-refractivity contribution < 1.29 is 19.1 Å². The number of allylic oxidation sites excluding steroid dienone is 3. The summed E-state index contributed by atoms with van der Waals surface area (Å²) in [4.78, 5) is 35.9. The van der Waals surface area contributed by atoms with Gasteiger partial charge >= 0.3 is 5.97 Å². The van der Waals surface area contributed by atoms with Gasteiger partial charge in [-0.25, -0.2) is 0 Å². The van der Waals surface area contributed by atoms with E-state index in [4.69, 9.17) is 4.74 Å². The molecule has 0 unspecified atom stereocenters. The van der Waals surface area contributed by atoms with Crippen LogP contribution in [0.4, 0.5) is 0 Å². The molecule has 188 valence electrons. The van der Waals surface area contributed by atoms with Crippen LogP contribution in [0.2, 0.25) is 0 Å². The Morgan fingerprint density at radius 2 is 1.81 bits per heavy atom. The SMILES string of the molecule is CC(=O)O[C@H]1CC[C@@]2(C)C(=CC[C@@H]3[C@@H]2CC[C@]2(C)C(n4cc(C=O)c5ccccc54)=C(C=O)C[C@@H]32)C1. The van der Waals surface area contributed by atoms with E-state index in [1.165, 1.54) is 12.5 Å². The molecule has 5 nitrogen and oxygen atoms in total. The predicted octanol–water partition coefficient (Wildman–Crippen LogP) is 6.37. The number of carbonyl (C=O) groups excluding carboxylic acids is 3. The highest BCUT2D eigenvalue weighted by atomic mass is 16.5. The van der Waals surface area contributed by atoms with Gasteiger partial charge in [-0.1, -0.05) is 43.7 Å². The van der Waals surface area contributed by atoms with Crippen LogP contribution in [0.1, 0.15) is 76.1 Å². The lowest BCUT2D eigenvalue weighted by Gasteiger charge is -2.57. The van der Waals surface area contributed by atoms with Crippen LogP contribution in [-0.2, 0) is 14.3 Å². The molecule has 0 bridgehead atoms. The molecule has 1 aromatic carbocycles. The number of hydrogen-bond acceptors (Lipinski definition) is 4. The molecule has 1 heterocycles. The lowest BCUT2D eigenvalue weighted by molar-refractivity contribution is -0.148. The van der Waals surface area contributed by atoms with Crippen molar-refractivity contribution in [3.8, 4) is 0 Å². The molecule has 2 fully saturated rings. The van der Waals surface area contributed by atoms with Gasteiger partial charge in [0, 0.05) is 47.2 Å². The molecule has 0 spiro atoms. The normalized spacial score (nSPS) is 35.5. The van der Waals surface area contributed by atoms with Crippen LogP contribution in [0.3, 0.4) is 0 Å². The average Bonchev–Trinajstić information content (AvgIpc) is 3.38. The Bertz CT molecular complexity index is 1330. The van der Waals surface area contributed by atoms with Crippen LogP contribution in [0.5, 0.6) is 0 Å². The summed E-state index contributed by atoms with van der Waals surface area (Å²) in [5.41, 5.74) is 5.15. The summed E-state index contributed by atoms with van der Waals surface area (Å²) in [7, 11) is 0. The van der Waals surface area contributed by atoms with Crippen LogP contribution < -0.4 is 0 Å². The maximum Gasteiger partial charge on any atom is 0.302 e. The van der Waals surface area contributed by atoms with E-state index in [0.717, 1.165) is 79.7 Å². The Labute approximate surface area is 212 Å². The van der Waals surface area contributed by atoms with E-state index in [-0.39, 0.29) is 22.9 Å². The summed E-state index contributed by atoms with van der Waals surface area (Å²) in [6.45, 7) is 6.29. The molecule has 4 aliphatic rings. The Balaban J connectivity index is 1.38. The number of fused-ring (bicyclic) bond motifs is 6. The number of esters is 1. The van der Waals surface area contributed by atoms with Gasteiger partial charge in [0.25, 0.3) is 0 Å². The molecule has 6 atom stereocenters. The Morgan fingerprint density at radius 1 is 1.03 bits per heavy atom. The van der Waals surface area contributed by atoms with E-state index in [1.807, 2.05) is 24.4 Å². The zero-order valence-corrected chi connectivity index (χ0v) is 21.5. The second-order valence-electron chi connectivity index (χ2n) is 12.0. The molecule has 0 saturated heterocycles. The lowest BCUT2D eigenvalue weighted by atomic mass is 9.47. The van der Waals surface area contributed by atoms with E-state index >= 15 is 0 Å². The Kier molecular flexibility index (Phi) is 5.40. The first-order valence-electron chi connectivity index (χ1n) is 13.4. The molecule has 0 aliphatic heterocycles. The zero-order chi connectivity index (χ0) is 25.2. The number of aromatic nitrogens is 1. The molecular weight excluding hydrogens is 450 g/mol. The average molecular weight is 486 g/mol. The van der Waals surface area contributed by atoms with Gasteiger partial charge in [-0.3, -0.25) is 14.4 Å². The summed E-state index contributed by atoms with van der Waals surface area (Å²) in [5, 5.41) is 0.938. The predicted molar refractivity (Wildman–Crippen MR) is 139 cm³/mol. The van der Waals surface area contributed by atoms with Crippen molar-refractivity contribution in [2.75, 3.05) is 0 Å². The molecule has 5 heteroatoms. The number of rotatable bonds is 4. The fourth-order valence-electron chi connectivity index (χ4n) is 8.67. The van der Waals surface area contributed by atoms with Gasteiger partial charge in [0.05, 0.1) is 5.52 Å².